The summed E-state index contributed by atoms with van der Waals surface area (Å²) in [6.45, 7) is 0. The number of nitriles is 1. The monoisotopic (exact) mass is 286 g/mol. The van der Waals surface area contributed by atoms with Gasteiger partial charge in [0.2, 0.25) is 0 Å². The standard InChI is InChI=1S/C15H11FN2OS/c1-20-14-5-3-2-4-11(14)15(19)18-13-7-6-10(9-17)8-12(13)16/h2-8H,1H3,(H,18,19). The summed E-state index contributed by atoms with van der Waals surface area (Å²) in [5.74, 6) is -1.00. The molecular formula is C15H11FN2OS. The van der Waals surface area contributed by atoms with Gasteiger partial charge in [-0.1, -0.05) is 12.1 Å². The molecule has 0 aliphatic heterocycles. The van der Waals surface area contributed by atoms with Crippen LogP contribution in [0.25, 0.3) is 0 Å². The predicted molar refractivity (Wildman–Crippen MR) is 77.3 cm³/mol. The minimum atomic E-state index is -0.626. The summed E-state index contributed by atoms with van der Waals surface area (Å²) in [5.41, 5.74) is 0.763. The zero-order valence-electron chi connectivity index (χ0n) is 10.7. The molecule has 2 aromatic rings. The first-order chi connectivity index (χ1) is 9.65. The zero-order chi connectivity index (χ0) is 14.5. The van der Waals surface area contributed by atoms with Crippen molar-refractivity contribution in [2.45, 2.75) is 4.90 Å². The van der Waals surface area contributed by atoms with Crippen LogP contribution < -0.4 is 5.32 Å². The highest BCUT2D eigenvalue weighted by atomic mass is 32.2. The Morgan fingerprint density at radius 1 is 1.30 bits per heavy atom. The van der Waals surface area contributed by atoms with Crippen molar-refractivity contribution in [3.8, 4) is 6.07 Å². The molecule has 0 aliphatic carbocycles. The summed E-state index contributed by atoms with van der Waals surface area (Å²) in [6.07, 6.45) is 1.87. The SMILES string of the molecule is CSc1ccccc1C(=O)Nc1ccc(C#N)cc1F. The van der Waals surface area contributed by atoms with E-state index < -0.39 is 5.82 Å². The largest absolute Gasteiger partial charge is 0.319 e. The third kappa shape index (κ3) is 2.98. The maximum absolute atomic E-state index is 13.7. The van der Waals surface area contributed by atoms with Gasteiger partial charge < -0.3 is 5.32 Å². The number of nitrogens with one attached hydrogen (secondary N) is 1. The highest BCUT2D eigenvalue weighted by Crippen LogP contribution is 2.22. The topological polar surface area (TPSA) is 52.9 Å². The first-order valence-electron chi connectivity index (χ1n) is 5.79. The van der Waals surface area contributed by atoms with E-state index in [9.17, 15) is 9.18 Å². The average molecular weight is 286 g/mol. The molecule has 20 heavy (non-hydrogen) atoms. The Bertz CT molecular complexity index is 695. The molecule has 0 radical (unpaired) electrons. The highest BCUT2D eigenvalue weighted by molar-refractivity contribution is 7.98. The zero-order valence-corrected chi connectivity index (χ0v) is 11.5. The lowest BCUT2D eigenvalue weighted by Crippen LogP contribution is -2.14. The van der Waals surface area contributed by atoms with Gasteiger partial charge >= 0.3 is 0 Å². The summed E-state index contributed by atoms with van der Waals surface area (Å²) < 4.78 is 13.7. The molecule has 0 spiro atoms. The molecule has 2 rings (SSSR count). The third-order valence-corrected chi connectivity index (χ3v) is 3.49. The second-order valence-corrected chi connectivity index (χ2v) is 4.81. The predicted octanol–water partition coefficient (Wildman–Crippen LogP) is 3.67. The van der Waals surface area contributed by atoms with E-state index in [0.29, 0.717) is 5.56 Å². The number of rotatable bonds is 3. The van der Waals surface area contributed by atoms with Gasteiger partial charge in [0.1, 0.15) is 5.82 Å². The van der Waals surface area contributed by atoms with Gasteiger partial charge in [-0.15, -0.1) is 11.8 Å². The van der Waals surface area contributed by atoms with Gasteiger partial charge in [-0.25, -0.2) is 4.39 Å². The molecule has 0 saturated carbocycles. The molecule has 0 unspecified atom stereocenters. The lowest BCUT2D eigenvalue weighted by Gasteiger charge is -2.09. The van der Waals surface area contributed by atoms with E-state index in [1.165, 1.54) is 23.9 Å². The lowest BCUT2D eigenvalue weighted by atomic mass is 10.2. The van der Waals surface area contributed by atoms with E-state index in [1.807, 2.05) is 24.5 Å². The number of benzene rings is 2. The van der Waals surface area contributed by atoms with Crippen LogP contribution in [0.15, 0.2) is 47.4 Å². The van der Waals surface area contributed by atoms with Crippen LogP contribution in [0.3, 0.4) is 0 Å². The van der Waals surface area contributed by atoms with Crippen molar-refractivity contribution in [1.82, 2.24) is 0 Å². The molecular weight excluding hydrogens is 275 g/mol. The van der Waals surface area contributed by atoms with Crippen molar-refractivity contribution in [2.75, 3.05) is 11.6 Å². The van der Waals surface area contributed by atoms with E-state index in [2.05, 4.69) is 5.32 Å². The minimum absolute atomic E-state index is 0.0601. The van der Waals surface area contributed by atoms with E-state index in [1.54, 1.807) is 12.1 Å². The molecule has 0 aromatic heterocycles. The number of carbonyl (C=O) groups excluding carboxylic acids is 1. The van der Waals surface area contributed by atoms with Crippen molar-refractivity contribution >= 4 is 23.4 Å². The van der Waals surface area contributed by atoms with Crippen LogP contribution in [0.4, 0.5) is 10.1 Å². The Morgan fingerprint density at radius 2 is 2.05 bits per heavy atom. The van der Waals surface area contributed by atoms with Crippen molar-refractivity contribution < 1.29 is 9.18 Å². The fraction of sp³-hybridized carbons (Fsp3) is 0.0667. The molecule has 1 amide bonds. The first kappa shape index (κ1) is 14.1. The van der Waals surface area contributed by atoms with Gasteiger partial charge in [0.25, 0.3) is 5.91 Å². The number of hydrogen-bond acceptors (Lipinski definition) is 3. The highest BCUT2D eigenvalue weighted by Gasteiger charge is 2.12. The second-order valence-electron chi connectivity index (χ2n) is 3.96. The Balaban J connectivity index is 2.26. The maximum Gasteiger partial charge on any atom is 0.256 e. The van der Waals surface area contributed by atoms with Gasteiger partial charge in [-0.3, -0.25) is 4.79 Å². The van der Waals surface area contributed by atoms with Gasteiger partial charge in [-0.2, -0.15) is 5.26 Å². The van der Waals surface area contributed by atoms with Gasteiger partial charge in [-0.05, 0) is 36.6 Å². The van der Waals surface area contributed by atoms with Crippen molar-refractivity contribution in [3.05, 3.63) is 59.4 Å². The Hall–Kier alpha value is -2.32. The molecule has 3 nitrogen and oxygen atoms in total. The molecule has 0 fully saturated rings. The Kier molecular flexibility index (Phi) is 4.38. The molecule has 100 valence electrons. The van der Waals surface area contributed by atoms with E-state index in [4.69, 9.17) is 5.26 Å². The van der Waals surface area contributed by atoms with E-state index in [-0.39, 0.29) is 17.2 Å². The van der Waals surface area contributed by atoms with Crippen molar-refractivity contribution in [2.24, 2.45) is 0 Å². The normalized spacial score (nSPS) is 9.85. The number of nitrogens with zero attached hydrogens (tertiary/aromatic N) is 1. The van der Waals surface area contributed by atoms with Crippen LogP contribution in [-0.2, 0) is 0 Å². The van der Waals surface area contributed by atoms with E-state index >= 15 is 0 Å². The van der Waals surface area contributed by atoms with Crippen LogP contribution in [0, 0.1) is 17.1 Å². The number of hydrogen-bond donors (Lipinski definition) is 1. The summed E-state index contributed by atoms with van der Waals surface area (Å²) in [6, 6.07) is 12.9. The number of carbonyl (C=O) groups is 1. The first-order valence-corrected chi connectivity index (χ1v) is 7.02. The molecule has 5 heteroatoms. The molecule has 1 N–H and O–H groups in total. The van der Waals surface area contributed by atoms with Gasteiger partial charge in [0.15, 0.2) is 0 Å². The number of thioether (sulfide) groups is 1. The molecule has 0 atom stereocenters. The third-order valence-electron chi connectivity index (χ3n) is 2.70. The summed E-state index contributed by atoms with van der Waals surface area (Å²) in [4.78, 5) is 13.0. The van der Waals surface area contributed by atoms with Crippen molar-refractivity contribution in [3.63, 3.8) is 0 Å². The molecule has 0 aliphatic rings. The van der Waals surface area contributed by atoms with Crippen molar-refractivity contribution in [1.29, 1.82) is 5.26 Å². The Morgan fingerprint density at radius 3 is 2.70 bits per heavy atom. The summed E-state index contributed by atoms with van der Waals surface area (Å²) >= 11 is 1.45. The van der Waals surface area contributed by atoms with Gasteiger partial charge in [0, 0.05) is 4.90 Å². The molecule has 0 bridgehead atoms. The Labute approximate surface area is 120 Å². The number of amides is 1. The van der Waals surface area contributed by atoms with Crippen LogP contribution in [0.1, 0.15) is 15.9 Å². The number of halogens is 1. The summed E-state index contributed by atoms with van der Waals surface area (Å²) in [5, 5.41) is 11.2. The maximum atomic E-state index is 13.7. The molecule has 0 saturated heterocycles. The number of anilines is 1. The second kappa shape index (κ2) is 6.22. The fourth-order valence-corrected chi connectivity index (χ4v) is 2.30. The van der Waals surface area contributed by atoms with Crippen LogP contribution in [-0.4, -0.2) is 12.2 Å². The van der Waals surface area contributed by atoms with E-state index in [0.717, 1.165) is 11.0 Å². The van der Waals surface area contributed by atoms with Crippen LogP contribution >= 0.6 is 11.8 Å². The van der Waals surface area contributed by atoms with Crippen LogP contribution in [0.2, 0.25) is 0 Å². The molecule has 0 heterocycles. The fourth-order valence-electron chi connectivity index (χ4n) is 1.71. The quantitative estimate of drug-likeness (QED) is 0.876. The smallest absolute Gasteiger partial charge is 0.256 e. The van der Waals surface area contributed by atoms with Crippen LogP contribution in [0.5, 0.6) is 0 Å². The minimum Gasteiger partial charge on any atom is -0.319 e. The summed E-state index contributed by atoms with van der Waals surface area (Å²) in [7, 11) is 0. The average Bonchev–Trinajstić information content (AvgIpc) is 2.49. The van der Waals surface area contributed by atoms with Gasteiger partial charge in [0.05, 0.1) is 22.9 Å². The lowest BCUT2D eigenvalue weighted by molar-refractivity contribution is 0.102. The molecule has 2 aromatic carbocycles.